The van der Waals surface area contributed by atoms with Crippen molar-refractivity contribution < 1.29 is 41.4 Å². The molecule has 0 saturated carbocycles. The number of hydrogen-bond acceptors (Lipinski definition) is 10. The molecule has 4 N–H and O–H groups in total. The van der Waals surface area contributed by atoms with Gasteiger partial charge in [-0.05, 0) is 131 Å². The molecule has 2 saturated heterocycles. The van der Waals surface area contributed by atoms with Crippen molar-refractivity contribution in [2.24, 2.45) is 0 Å². The Morgan fingerprint density at radius 3 is 2.21 bits per heavy atom. The number of halogens is 4. The first-order valence-corrected chi connectivity index (χ1v) is 23.5. The summed E-state index contributed by atoms with van der Waals surface area (Å²) in [6.45, 7) is 6.72. The summed E-state index contributed by atoms with van der Waals surface area (Å²) in [6, 6.07) is 6.98. The molecule has 1 aromatic heterocycles. The molecule has 7 rings (SSSR count). The van der Waals surface area contributed by atoms with Gasteiger partial charge >= 0.3 is 6.18 Å². The fourth-order valence-electron chi connectivity index (χ4n) is 10.0. The predicted octanol–water partition coefficient (Wildman–Crippen LogP) is 9.95. The van der Waals surface area contributed by atoms with Crippen LogP contribution in [-0.4, -0.2) is 77.4 Å². The topological polar surface area (TPSA) is 152 Å². The summed E-state index contributed by atoms with van der Waals surface area (Å²) in [5.74, 6) is 0.738. The molecular formula is C50H63F4N7O5. The van der Waals surface area contributed by atoms with Crippen molar-refractivity contribution in [2.75, 3.05) is 44.9 Å². The van der Waals surface area contributed by atoms with E-state index < -0.39 is 35.5 Å². The number of anilines is 2. The van der Waals surface area contributed by atoms with Gasteiger partial charge in [-0.25, -0.2) is 14.4 Å². The third-order valence-corrected chi connectivity index (χ3v) is 13.5. The average Bonchev–Trinajstić information content (AvgIpc) is 3.60. The Bertz CT molecular complexity index is 2400. The molecule has 12 nitrogen and oxygen atoms in total. The zero-order chi connectivity index (χ0) is 47.1. The van der Waals surface area contributed by atoms with Crippen LogP contribution in [0.2, 0.25) is 0 Å². The number of nitrogens with zero attached hydrogens (tertiary/aromatic N) is 4. The number of piperidine rings is 2. The number of unbranched alkanes of at least 4 members (excludes halogenated alkanes) is 9. The third kappa shape index (κ3) is 11.4. The molecule has 356 valence electrons. The van der Waals surface area contributed by atoms with Gasteiger partial charge in [0.1, 0.15) is 23.5 Å². The van der Waals surface area contributed by atoms with E-state index in [0.29, 0.717) is 46.1 Å². The first-order chi connectivity index (χ1) is 31.6. The smallest absolute Gasteiger partial charge is 0.416 e. The van der Waals surface area contributed by atoms with Crippen molar-refractivity contribution in [3.05, 3.63) is 81.4 Å². The number of nitrogen functional groups attached to an aromatic ring is 1. The summed E-state index contributed by atoms with van der Waals surface area (Å²) >= 11 is 0. The van der Waals surface area contributed by atoms with Gasteiger partial charge in [-0.3, -0.25) is 19.7 Å². The van der Waals surface area contributed by atoms with Crippen LogP contribution in [0.15, 0.2) is 36.4 Å². The lowest BCUT2D eigenvalue weighted by Crippen LogP contribution is -2.52. The van der Waals surface area contributed by atoms with Crippen LogP contribution in [0.25, 0.3) is 10.9 Å². The van der Waals surface area contributed by atoms with E-state index in [-0.39, 0.29) is 42.8 Å². The van der Waals surface area contributed by atoms with Crippen molar-refractivity contribution in [1.29, 1.82) is 0 Å². The van der Waals surface area contributed by atoms with E-state index in [1.165, 1.54) is 49.1 Å². The molecule has 4 aromatic rings. The molecule has 0 aliphatic carbocycles. The van der Waals surface area contributed by atoms with Gasteiger partial charge in [0.15, 0.2) is 11.5 Å². The number of ether oxygens (including phenoxy) is 2. The monoisotopic (exact) mass is 917 g/mol. The average molecular weight is 918 g/mol. The van der Waals surface area contributed by atoms with Gasteiger partial charge in [-0.1, -0.05) is 51.4 Å². The molecule has 0 bridgehead atoms. The number of methoxy groups -OCH3 is 2. The van der Waals surface area contributed by atoms with Crippen molar-refractivity contribution in [3.63, 3.8) is 0 Å². The Balaban J connectivity index is 0.813. The van der Waals surface area contributed by atoms with Crippen molar-refractivity contribution in [2.45, 2.75) is 141 Å². The fraction of sp³-hybridized carbons (Fsp3) is 0.540. The van der Waals surface area contributed by atoms with Crippen LogP contribution in [0, 0.1) is 12.7 Å². The number of imide groups is 1. The molecule has 2 fully saturated rings. The Kier molecular flexibility index (Phi) is 15.7. The Hall–Kier alpha value is -5.51. The lowest BCUT2D eigenvalue weighted by atomic mass is 9.85. The molecule has 3 amide bonds. The minimum absolute atomic E-state index is 0.0309. The number of nitrogens with one attached hydrogen (secondary N) is 2. The number of aromatic nitrogens is 2. The number of alkyl halides is 3. The highest BCUT2D eigenvalue weighted by atomic mass is 19.4. The van der Waals surface area contributed by atoms with Gasteiger partial charge < -0.3 is 30.3 Å². The molecule has 3 aliphatic rings. The van der Waals surface area contributed by atoms with E-state index in [1.807, 2.05) is 6.07 Å². The van der Waals surface area contributed by atoms with Gasteiger partial charge in [0, 0.05) is 35.2 Å². The second-order valence-electron chi connectivity index (χ2n) is 18.2. The number of amides is 3. The van der Waals surface area contributed by atoms with Gasteiger partial charge in [0.05, 0.1) is 31.3 Å². The SMILES string of the molecule is COc1cc2c(N[C@@H](C)c3cc(N)cc(C(F)(F)F)c3)nc(C)nc2c(CCCCCCCCCCCCN2CCC(c3cc(F)cc4c3CN(C3CCC(=O)NC3=O)C4=O)CC2)c1OC. The molecule has 3 aliphatic heterocycles. The molecule has 3 aromatic carbocycles. The maximum absolute atomic E-state index is 14.8. The standard InChI is InChI=1S/C50H63F4N7O5/c1-30(33-23-34(50(52,53)54)25-36(55)24-33)56-47-40-28-43(65-3)46(66-4)37(45(40)57-31(2)58-47)15-13-11-9-7-5-6-8-10-12-14-20-60-21-18-32(19-22-60)38-26-35(51)27-39-41(38)29-61(49(39)64)42-16-17-44(62)59-48(42)63/h23-28,30,32,42H,5-22,29,55H2,1-4H3,(H,56,57,58)(H,59,62,63)/t30-,42?/m0/s1. The number of aryl methyl sites for hydroxylation is 2. The largest absolute Gasteiger partial charge is 0.493 e. The molecule has 0 radical (unpaired) electrons. The van der Waals surface area contributed by atoms with Crippen molar-refractivity contribution in [1.82, 2.24) is 25.1 Å². The van der Waals surface area contributed by atoms with Crippen LogP contribution in [0.3, 0.4) is 0 Å². The maximum atomic E-state index is 14.8. The third-order valence-electron chi connectivity index (χ3n) is 13.5. The number of likely N-dealkylation sites (tertiary alicyclic amines) is 1. The Morgan fingerprint density at radius 1 is 0.879 bits per heavy atom. The summed E-state index contributed by atoms with van der Waals surface area (Å²) in [6.07, 6.45) is 9.83. The lowest BCUT2D eigenvalue weighted by molar-refractivity contribution is -0.138. The highest BCUT2D eigenvalue weighted by Gasteiger charge is 2.41. The number of carbonyl (C=O) groups is 3. The summed E-state index contributed by atoms with van der Waals surface area (Å²) in [4.78, 5) is 51.0. The van der Waals surface area contributed by atoms with Crippen LogP contribution in [0.1, 0.15) is 153 Å². The van der Waals surface area contributed by atoms with Crippen LogP contribution in [0.5, 0.6) is 11.5 Å². The van der Waals surface area contributed by atoms with E-state index >= 15 is 0 Å². The molecule has 0 spiro atoms. The van der Waals surface area contributed by atoms with Gasteiger partial charge in [-0.15, -0.1) is 0 Å². The summed E-state index contributed by atoms with van der Waals surface area (Å²) in [7, 11) is 3.18. The van der Waals surface area contributed by atoms with Crippen LogP contribution < -0.4 is 25.8 Å². The summed E-state index contributed by atoms with van der Waals surface area (Å²) in [5.41, 5.74) is 9.15. The van der Waals surface area contributed by atoms with E-state index in [2.05, 4.69) is 20.5 Å². The molecule has 66 heavy (non-hydrogen) atoms. The molecule has 2 atom stereocenters. The normalized spacial score (nSPS) is 17.6. The van der Waals surface area contributed by atoms with Crippen molar-refractivity contribution >= 4 is 40.1 Å². The van der Waals surface area contributed by atoms with Crippen LogP contribution in [0.4, 0.5) is 29.1 Å². The first-order valence-electron chi connectivity index (χ1n) is 23.5. The van der Waals surface area contributed by atoms with Gasteiger partial charge in [-0.2, -0.15) is 13.2 Å². The number of fused-ring (bicyclic) bond motifs is 2. The number of benzene rings is 3. The van der Waals surface area contributed by atoms with E-state index in [0.717, 1.165) is 98.9 Å². The number of hydrogen-bond donors (Lipinski definition) is 3. The molecular weight excluding hydrogens is 855 g/mol. The maximum Gasteiger partial charge on any atom is 0.416 e. The highest BCUT2D eigenvalue weighted by molar-refractivity contribution is 6.05. The van der Waals surface area contributed by atoms with Gasteiger partial charge in [0.25, 0.3) is 5.91 Å². The van der Waals surface area contributed by atoms with E-state index in [9.17, 15) is 31.9 Å². The summed E-state index contributed by atoms with van der Waals surface area (Å²) in [5, 5.41) is 6.34. The quantitative estimate of drug-likeness (QED) is 0.0338. The number of rotatable bonds is 20. The minimum Gasteiger partial charge on any atom is -0.493 e. The zero-order valence-corrected chi connectivity index (χ0v) is 38.6. The van der Waals surface area contributed by atoms with Crippen molar-refractivity contribution in [3.8, 4) is 11.5 Å². The summed E-state index contributed by atoms with van der Waals surface area (Å²) < 4.78 is 67.2. The second-order valence-corrected chi connectivity index (χ2v) is 18.2. The van der Waals surface area contributed by atoms with E-state index in [4.69, 9.17) is 20.2 Å². The Labute approximate surface area is 384 Å². The van der Waals surface area contributed by atoms with Crippen LogP contribution in [-0.2, 0) is 28.7 Å². The Morgan fingerprint density at radius 2 is 1.56 bits per heavy atom. The molecule has 16 heteroatoms. The number of nitrogens with two attached hydrogens (primary N) is 1. The zero-order valence-electron chi connectivity index (χ0n) is 38.6. The highest BCUT2D eigenvalue weighted by Crippen LogP contribution is 2.42. The number of carbonyl (C=O) groups excluding carboxylic acids is 3. The molecule has 1 unspecified atom stereocenters. The lowest BCUT2D eigenvalue weighted by Gasteiger charge is -2.33. The van der Waals surface area contributed by atoms with Gasteiger partial charge in [0.2, 0.25) is 11.8 Å². The first kappa shape index (κ1) is 48.4. The minimum atomic E-state index is -4.52. The van der Waals surface area contributed by atoms with E-state index in [1.54, 1.807) is 34.1 Å². The fourth-order valence-corrected chi connectivity index (χ4v) is 10.0. The predicted molar refractivity (Wildman–Crippen MR) is 246 cm³/mol. The molecule has 4 heterocycles. The second kappa shape index (κ2) is 21.4. The van der Waals surface area contributed by atoms with Crippen LogP contribution >= 0.6 is 0 Å².